The lowest BCUT2D eigenvalue weighted by Crippen LogP contribution is -2.37. The number of aromatic nitrogens is 2. The Balaban J connectivity index is 1.30. The molecule has 4 fully saturated rings. The van der Waals surface area contributed by atoms with Gasteiger partial charge in [-0.2, -0.15) is 5.10 Å². The third-order valence-corrected chi connectivity index (χ3v) is 7.70. The fraction of sp³-hybridized carbons (Fsp3) is 0.783. The molecule has 1 aromatic heterocycles. The van der Waals surface area contributed by atoms with Crippen molar-refractivity contribution < 1.29 is 14.3 Å². The molecule has 5 rings (SSSR count). The highest BCUT2D eigenvalue weighted by Crippen LogP contribution is 2.42. The molecule has 4 aliphatic heterocycles. The largest absolute Gasteiger partial charge is 0.376 e. The van der Waals surface area contributed by atoms with E-state index >= 15 is 0 Å². The summed E-state index contributed by atoms with van der Waals surface area (Å²) in [4.78, 5) is 32.3. The van der Waals surface area contributed by atoms with Crippen LogP contribution < -0.4 is 0 Å². The van der Waals surface area contributed by atoms with Crippen LogP contribution in [-0.2, 0) is 27.9 Å². The Morgan fingerprint density at radius 1 is 1.03 bits per heavy atom. The van der Waals surface area contributed by atoms with E-state index in [1.54, 1.807) is 0 Å². The Morgan fingerprint density at radius 3 is 2.29 bits per heavy atom. The number of nitrogens with zero attached hydrogens (tertiary/aromatic N) is 5. The van der Waals surface area contributed by atoms with Gasteiger partial charge in [0.25, 0.3) is 0 Å². The minimum atomic E-state index is -0.0804. The van der Waals surface area contributed by atoms with Gasteiger partial charge in [0.15, 0.2) is 0 Å². The monoisotopic (exact) mass is 429 g/mol. The van der Waals surface area contributed by atoms with Crippen molar-refractivity contribution in [2.45, 2.75) is 57.2 Å². The van der Waals surface area contributed by atoms with Crippen molar-refractivity contribution >= 4 is 11.8 Å². The zero-order valence-electron chi connectivity index (χ0n) is 18.6. The first kappa shape index (κ1) is 20.9. The van der Waals surface area contributed by atoms with Crippen LogP contribution >= 0.6 is 0 Å². The molecule has 4 saturated heterocycles. The Morgan fingerprint density at radius 2 is 1.68 bits per heavy atom. The van der Waals surface area contributed by atoms with E-state index in [1.807, 2.05) is 27.7 Å². The van der Waals surface area contributed by atoms with Crippen LogP contribution in [0.25, 0.3) is 0 Å². The van der Waals surface area contributed by atoms with Gasteiger partial charge in [-0.1, -0.05) is 0 Å². The average molecular weight is 430 g/mol. The van der Waals surface area contributed by atoms with E-state index in [0.717, 1.165) is 70.6 Å². The molecule has 0 N–H and O–H groups in total. The third-order valence-electron chi connectivity index (χ3n) is 7.70. The molecule has 0 spiro atoms. The molecule has 0 bridgehead atoms. The van der Waals surface area contributed by atoms with Crippen LogP contribution in [0.5, 0.6) is 0 Å². The number of carbonyl (C=O) groups excluding carboxylic acids is 2. The molecule has 2 amide bonds. The first-order chi connectivity index (χ1) is 15.1. The molecule has 0 aromatic carbocycles. The molecular formula is C23H35N5O3. The van der Waals surface area contributed by atoms with Crippen molar-refractivity contribution in [1.82, 2.24) is 24.5 Å². The van der Waals surface area contributed by atoms with Crippen LogP contribution in [0, 0.1) is 11.8 Å². The summed E-state index contributed by atoms with van der Waals surface area (Å²) in [6.45, 7) is 5.83. The molecule has 170 valence electrons. The maximum atomic E-state index is 13.0. The van der Waals surface area contributed by atoms with Crippen LogP contribution in [0.4, 0.5) is 0 Å². The van der Waals surface area contributed by atoms with Gasteiger partial charge in [0.1, 0.15) is 0 Å². The average Bonchev–Trinajstić information content (AvgIpc) is 3.55. The van der Waals surface area contributed by atoms with Crippen molar-refractivity contribution in [1.29, 1.82) is 0 Å². The summed E-state index contributed by atoms with van der Waals surface area (Å²) >= 11 is 0. The molecule has 8 nitrogen and oxygen atoms in total. The Labute approximate surface area is 184 Å². The van der Waals surface area contributed by atoms with E-state index in [9.17, 15) is 9.59 Å². The minimum Gasteiger partial charge on any atom is -0.376 e. The van der Waals surface area contributed by atoms with Gasteiger partial charge in [0.2, 0.25) is 11.8 Å². The van der Waals surface area contributed by atoms with Gasteiger partial charge in [-0.3, -0.25) is 19.2 Å². The zero-order chi connectivity index (χ0) is 21.4. The number of hydrogen-bond acceptors (Lipinski definition) is 5. The number of carbonyl (C=O) groups is 2. The summed E-state index contributed by atoms with van der Waals surface area (Å²) in [5.41, 5.74) is 1.05. The molecule has 1 aromatic rings. The van der Waals surface area contributed by atoms with Gasteiger partial charge in [-0.15, -0.1) is 0 Å². The molecule has 31 heavy (non-hydrogen) atoms. The fourth-order valence-corrected chi connectivity index (χ4v) is 6.14. The molecule has 0 aliphatic carbocycles. The summed E-state index contributed by atoms with van der Waals surface area (Å²) in [6, 6.07) is 2.32. The second-order valence-corrected chi connectivity index (χ2v) is 9.77. The molecule has 0 radical (unpaired) electrons. The fourth-order valence-electron chi connectivity index (χ4n) is 6.14. The van der Waals surface area contributed by atoms with Crippen LogP contribution in [0.15, 0.2) is 12.3 Å². The second-order valence-electron chi connectivity index (χ2n) is 9.77. The van der Waals surface area contributed by atoms with Crippen LogP contribution in [-0.4, -0.2) is 87.8 Å². The van der Waals surface area contributed by atoms with Gasteiger partial charge < -0.3 is 14.5 Å². The summed E-state index contributed by atoms with van der Waals surface area (Å²) in [6.07, 6.45) is 7.35. The summed E-state index contributed by atoms with van der Waals surface area (Å²) in [5.74, 6) is 0.968. The lowest BCUT2D eigenvalue weighted by atomic mass is 9.84. The van der Waals surface area contributed by atoms with E-state index in [4.69, 9.17) is 4.74 Å². The molecule has 4 atom stereocenters. The van der Waals surface area contributed by atoms with Gasteiger partial charge in [0.05, 0.1) is 24.8 Å². The van der Waals surface area contributed by atoms with Crippen molar-refractivity contribution in [3.05, 3.63) is 18.0 Å². The van der Waals surface area contributed by atoms with Crippen LogP contribution in [0.1, 0.15) is 44.2 Å². The maximum absolute atomic E-state index is 13.0. The van der Waals surface area contributed by atoms with Crippen LogP contribution in [0.3, 0.4) is 0 Å². The number of fused-ring (bicyclic) bond motifs is 1. The minimum absolute atomic E-state index is 0.0804. The Bertz CT molecular complexity index is 799. The highest BCUT2D eigenvalue weighted by molar-refractivity contribution is 5.78. The number of amides is 2. The number of ether oxygens (including phenoxy) is 1. The summed E-state index contributed by atoms with van der Waals surface area (Å²) in [5, 5.41) is 4.56. The number of rotatable bonds is 6. The van der Waals surface area contributed by atoms with Crippen molar-refractivity contribution in [3.63, 3.8) is 0 Å². The predicted molar refractivity (Wildman–Crippen MR) is 115 cm³/mol. The zero-order valence-corrected chi connectivity index (χ0v) is 18.6. The topological polar surface area (TPSA) is 70.9 Å². The van der Waals surface area contributed by atoms with E-state index in [1.165, 1.54) is 0 Å². The highest BCUT2D eigenvalue weighted by atomic mass is 16.5. The van der Waals surface area contributed by atoms with Gasteiger partial charge in [-0.05, 0) is 37.7 Å². The van der Waals surface area contributed by atoms with E-state index in [-0.39, 0.29) is 35.8 Å². The van der Waals surface area contributed by atoms with Gasteiger partial charge in [0, 0.05) is 70.9 Å². The second kappa shape index (κ2) is 8.90. The van der Waals surface area contributed by atoms with Crippen molar-refractivity contribution in [2.24, 2.45) is 18.9 Å². The number of likely N-dealkylation sites (tertiary alicyclic amines) is 3. The number of hydrogen-bond donors (Lipinski definition) is 0. The molecular weight excluding hydrogens is 394 g/mol. The van der Waals surface area contributed by atoms with E-state index in [0.29, 0.717) is 19.4 Å². The van der Waals surface area contributed by atoms with Gasteiger partial charge >= 0.3 is 0 Å². The SMILES string of the molecule is Cn1ccc(CN2C[C@@H](CC(=O)N3CCCC3)[C@H]3[C@H](CC(=O)N4CCCC4)OC[C@H]32)n1. The lowest BCUT2D eigenvalue weighted by molar-refractivity contribution is -0.133. The Hall–Kier alpha value is -1.93. The van der Waals surface area contributed by atoms with Crippen molar-refractivity contribution in [3.8, 4) is 0 Å². The summed E-state index contributed by atoms with van der Waals surface area (Å²) in [7, 11) is 1.94. The maximum Gasteiger partial charge on any atom is 0.225 e. The van der Waals surface area contributed by atoms with Crippen LogP contribution in [0.2, 0.25) is 0 Å². The first-order valence-corrected chi connectivity index (χ1v) is 12.0. The molecule has 4 aliphatic rings. The molecule has 8 heteroatoms. The molecule has 0 unspecified atom stereocenters. The quantitative estimate of drug-likeness (QED) is 0.681. The normalized spacial score (nSPS) is 31.0. The molecule has 0 saturated carbocycles. The van der Waals surface area contributed by atoms with E-state index < -0.39 is 0 Å². The van der Waals surface area contributed by atoms with E-state index in [2.05, 4.69) is 16.1 Å². The lowest BCUT2D eigenvalue weighted by Gasteiger charge is -2.26. The number of aryl methyl sites for hydroxylation is 1. The smallest absolute Gasteiger partial charge is 0.225 e. The van der Waals surface area contributed by atoms with Gasteiger partial charge in [-0.25, -0.2) is 0 Å². The third kappa shape index (κ3) is 4.37. The predicted octanol–water partition coefficient (Wildman–Crippen LogP) is 1.26. The first-order valence-electron chi connectivity index (χ1n) is 12.0. The summed E-state index contributed by atoms with van der Waals surface area (Å²) < 4.78 is 8.05. The highest BCUT2D eigenvalue weighted by Gasteiger charge is 2.51. The van der Waals surface area contributed by atoms with Crippen molar-refractivity contribution in [2.75, 3.05) is 39.3 Å². The molecule has 5 heterocycles. The Kier molecular flexibility index (Phi) is 6.01. The standard InChI is InChI=1S/C23H35N5O3/c1-25-11-6-18(24-25)15-28-14-17(12-21(29)26-7-2-3-8-26)23-19(28)16-31-20(23)13-22(30)27-9-4-5-10-27/h6,11,17,19-20,23H,2-5,7-10,12-16H2,1H3/t17-,19-,20+,23-/m1/s1.